The number of nitrogens with one attached hydrogen (secondary N) is 1. The second-order valence-electron chi connectivity index (χ2n) is 9.18. The molecule has 5 heteroatoms. The van der Waals surface area contributed by atoms with Crippen LogP contribution in [0.15, 0.2) is 83.3 Å². The van der Waals surface area contributed by atoms with Crippen LogP contribution in [0.2, 0.25) is 0 Å². The number of fused-ring (bicyclic) bond motifs is 1. The maximum absolute atomic E-state index is 12.7. The number of benzene rings is 3. The number of carbonyl (C=O) groups excluding carboxylic acids is 1. The van der Waals surface area contributed by atoms with Crippen molar-refractivity contribution in [2.24, 2.45) is 5.92 Å². The van der Waals surface area contributed by atoms with Crippen LogP contribution in [0.5, 0.6) is 0 Å². The maximum atomic E-state index is 12.7. The molecule has 0 spiro atoms. The average Bonchev–Trinajstić information content (AvgIpc) is 3.28. The molecule has 2 heterocycles. The number of likely N-dealkylation sites (tertiary alicyclic amines) is 1. The molecule has 1 aliphatic rings. The van der Waals surface area contributed by atoms with Crippen LogP contribution >= 0.6 is 0 Å². The largest absolute Gasteiger partial charge is 0.440 e. The Hall–Kier alpha value is -3.44. The Kier molecular flexibility index (Phi) is 7.01. The molecule has 1 saturated heterocycles. The monoisotopic (exact) mass is 453 g/mol. The van der Waals surface area contributed by atoms with Gasteiger partial charge in [-0.25, -0.2) is 4.98 Å². The predicted octanol–water partition coefficient (Wildman–Crippen LogP) is 5.10. The Morgan fingerprint density at radius 3 is 2.38 bits per heavy atom. The zero-order valence-electron chi connectivity index (χ0n) is 19.5. The summed E-state index contributed by atoms with van der Waals surface area (Å²) < 4.78 is 5.92. The number of oxazole rings is 1. The molecule has 0 radical (unpaired) electrons. The van der Waals surface area contributed by atoms with E-state index in [1.807, 2.05) is 30.3 Å². The van der Waals surface area contributed by atoms with Crippen LogP contribution in [0, 0.1) is 5.92 Å². The molecular weight excluding hydrogens is 422 g/mol. The number of hydrogen-bond acceptors (Lipinski definition) is 4. The molecular formula is C29H31N3O2. The molecule has 34 heavy (non-hydrogen) atoms. The van der Waals surface area contributed by atoms with Gasteiger partial charge in [0.15, 0.2) is 11.5 Å². The fraction of sp³-hybridized carbons (Fsp3) is 0.310. The summed E-state index contributed by atoms with van der Waals surface area (Å²) in [7, 11) is 0. The van der Waals surface area contributed by atoms with Gasteiger partial charge in [0.25, 0.3) is 5.91 Å². The minimum absolute atomic E-state index is 0.0677. The van der Waals surface area contributed by atoms with Crippen LogP contribution < -0.4 is 5.32 Å². The highest BCUT2D eigenvalue weighted by molar-refractivity contribution is 5.97. The smallest absolute Gasteiger partial charge is 0.251 e. The molecule has 1 amide bonds. The van der Waals surface area contributed by atoms with Gasteiger partial charge in [-0.2, -0.15) is 0 Å². The standard InChI is InChI=1S/C29H31N3O2/c33-29(30-15-18-32-16-13-24(14-17-32)19-22-7-3-1-4-8-22)25-11-12-26-27(21-25)34-28(31-26)20-23-9-5-2-6-10-23/h1-12,21,24H,13-20H2,(H,30,33). The Morgan fingerprint density at radius 2 is 1.65 bits per heavy atom. The van der Waals surface area contributed by atoms with E-state index in [0.717, 1.165) is 36.6 Å². The molecule has 0 aliphatic carbocycles. The molecule has 3 aromatic carbocycles. The second-order valence-corrected chi connectivity index (χ2v) is 9.18. The fourth-order valence-corrected chi connectivity index (χ4v) is 4.75. The van der Waals surface area contributed by atoms with E-state index in [-0.39, 0.29) is 5.91 Å². The lowest BCUT2D eigenvalue weighted by Gasteiger charge is -2.32. The third-order valence-electron chi connectivity index (χ3n) is 6.68. The van der Waals surface area contributed by atoms with Gasteiger partial charge in [-0.15, -0.1) is 0 Å². The number of hydrogen-bond donors (Lipinski definition) is 1. The summed E-state index contributed by atoms with van der Waals surface area (Å²) in [5.74, 6) is 1.35. The zero-order valence-corrected chi connectivity index (χ0v) is 19.5. The Morgan fingerprint density at radius 1 is 0.941 bits per heavy atom. The lowest BCUT2D eigenvalue weighted by Crippen LogP contribution is -2.39. The van der Waals surface area contributed by atoms with Crippen molar-refractivity contribution in [1.82, 2.24) is 15.2 Å². The van der Waals surface area contributed by atoms with Gasteiger partial charge in [0.1, 0.15) is 5.52 Å². The first-order valence-electron chi connectivity index (χ1n) is 12.2. The summed E-state index contributed by atoms with van der Waals surface area (Å²) in [5.41, 5.74) is 4.62. The summed E-state index contributed by atoms with van der Waals surface area (Å²) in [6, 6.07) is 26.4. The summed E-state index contributed by atoms with van der Waals surface area (Å²) >= 11 is 0. The highest BCUT2D eigenvalue weighted by Gasteiger charge is 2.19. The number of piperidine rings is 1. The number of nitrogens with zero attached hydrogens (tertiary/aromatic N) is 2. The minimum atomic E-state index is -0.0677. The van der Waals surface area contributed by atoms with Gasteiger partial charge in [0.2, 0.25) is 0 Å². The topological polar surface area (TPSA) is 58.4 Å². The minimum Gasteiger partial charge on any atom is -0.440 e. The van der Waals surface area contributed by atoms with E-state index in [2.05, 4.69) is 57.7 Å². The van der Waals surface area contributed by atoms with Gasteiger partial charge in [0.05, 0.1) is 0 Å². The van der Waals surface area contributed by atoms with E-state index in [1.54, 1.807) is 6.07 Å². The van der Waals surface area contributed by atoms with Crippen molar-refractivity contribution in [3.8, 4) is 0 Å². The maximum Gasteiger partial charge on any atom is 0.251 e. The number of amides is 1. The first-order valence-corrected chi connectivity index (χ1v) is 12.2. The first-order chi connectivity index (χ1) is 16.7. The number of rotatable bonds is 8. The Labute approximate surface area is 200 Å². The first kappa shape index (κ1) is 22.4. The summed E-state index contributed by atoms with van der Waals surface area (Å²) in [5, 5.41) is 3.07. The van der Waals surface area contributed by atoms with Gasteiger partial charge < -0.3 is 14.6 Å². The Bertz CT molecular complexity index is 1210. The van der Waals surface area contributed by atoms with E-state index in [4.69, 9.17) is 4.42 Å². The van der Waals surface area contributed by atoms with Crippen molar-refractivity contribution in [3.63, 3.8) is 0 Å². The second kappa shape index (κ2) is 10.7. The van der Waals surface area contributed by atoms with Gasteiger partial charge in [-0.05, 0) is 67.6 Å². The third kappa shape index (κ3) is 5.72. The predicted molar refractivity (Wildman–Crippen MR) is 135 cm³/mol. The van der Waals surface area contributed by atoms with Crippen LogP contribution in [0.4, 0.5) is 0 Å². The highest BCUT2D eigenvalue weighted by atomic mass is 16.3. The van der Waals surface area contributed by atoms with Gasteiger partial charge in [-0.3, -0.25) is 4.79 Å². The van der Waals surface area contributed by atoms with E-state index >= 15 is 0 Å². The van der Waals surface area contributed by atoms with E-state index in [1.165, 1.54) is 24.8 Å². The van der Waals surface area contributed by atoms with Crippen molar-refractivity contribution in [2.45, 2.75) is 25.7 Å². The summed E-state index contributed by atoms with van der Waals surface area (Å²) in [4.78, 5) is 19.7. The zero-order chi connectivity index (χ0) is 23.2. The fourth-order valence-electron chi connectivity index (χ4n) is 4.75. The normalized spacial score (nSPS) is 14.9. The third-order valence-corrected chi connectivity index (χ3v) is 6.68. The quantitative estimate of drug-likeness (QED) is 0.403. The molecule has 5 rings (SSSR count). The molecule has 1 fully saturated rings. The van der Waals surface area contributed by atoms with Gasteiger partial charge in [-0.1, -0.05) is 60.7 Å². The lowest BCUT2D eigenvalue weighted by molar-refractivity contribution is 0.0944. The van der Waals surface area contributed by atoms with Crippen molar-refractivity contribution >= 4 is 17.0 Å². The van der Waals surface area contributed by atoms with E-state index in [0.29, 0.717) is 30.0 Å². The molecule has 0 atom stereocenters. The van der Waals surface area contributed by atoms with Crippen LogP contribution in [-0.4, -0.2) is 42.0 Å². The molecule has 1 N–H and O–H groups in total. The molecule has 5 nitrogen and oxygen atoms in total. The lowest BCUT2D eigenvalue weighted by atomic mass is 9.90. The molecule has 1 aromatic heterocycles. The Balaban J connectivity index is 1.08. The molecule has 0 unspecified atom stereocenters. The van der Waals surface area contributed by atoms with Crippen LogP contribution in [0.25, 0.3) is 11.1 Å². The summed E-state index contributed by atoms with van der Waals surface area (Å²) in [6.07, 6.45) is 4.24. The van der Waals surface area contributed by atoms with Crippen molar-refractivity contribution in [3.05, 3.63) is 101 Å². The van der Waals surface area contributed by atoms with Crippen molar-refractivity contribution in [1.29, 1.82) is 0 Å². The number of aromatic nitrogens is 1. The molecule has 4 aromatic rings. The SMILES string of the molecule is O=C(NCCN1CCC(Cc2ccccc2)CC1)c1ccc2nc(Cc3ccccc3)oc2c1. The summed E-state index contributed by atoms with van der Waals surface area (Å²) in [6.45, 7) is 3.73. The van der Waals surface area contributed by atoms with Gasteiger partial charge in [0, 0.05) is 25.1 Å². The molecule has 174 valence electrons. The van der Waals surface area contributed by atoms with E-state index in [9.17, 15) is 4.79 Å². The van der Waals surface area contributed by atoms with Crippen LogP contribution in [0.1, 0.15) is 40.2 Å². The highest BCUT2D eigenvalue weighted by Crippen LogP contribution is 2.22. The van der Waals surface area contributed by atoms with Crippen LogP contribution in [-0.2, 0) is 12.8 Å². The van der Waals surface area contributed by atoms with Gasteiger partial charge >= 0.3 is 0 Å². The number of carbonyl (C=O) groups is 1. The van der Waals surface area contributed by atoms with Crippen molar-refractivity contribution < 1.29 is 9.21 Å². The molecule has 0 saturated carbocycles. The molecule has 0 bridgehead atoms. The molecule has 1 aliphatic heterocycles. The van der Waals surface area contributed by atoms with E-state index < -0.39 is 0 Å². The van der Waals surface area contributed by atoms with Crippen molar-refractivity contribution in [2.75, 3.05) is 26.2 Å². The van der Waals surface area contributed by atoms with Crippen LogP contribution in [0.3, 0.4) is 0 Å². The average molecular weight is 454 g/mol.